The lowest BCUT2D eigenvalue weighted by atomic mass is 9.84. The number of nitrogens with zero attached hydrogens (tertiary/aromatic N) is 2. The number of piperidine rings is 2. The molecule has 120 valence electrons. The van der Waals surface area contributed by atoms with Crippen molar-refractivity contribution in [3.8, 4) is 0 Å². The average molecular weight is 326 g/mol. The second-order valence-electron chi connectivity index (χ2n) is 6.27. The van der Waals surface area contributed by atoms with Crippen LogP contribution in [0.4, 0.5) is 14.9 Å². The number of carbonyl (C=O) groups excluding carboxylic acids is 1. The van der Waals surface area contributed by atoms with Crippen LogP contribution in [-0.4, -0.2) is 48.6 Å². The number of fused-ring (bicyclic) bond motifs is 1. The molecule has 2 atom stereocenters. The fourth-order valence-corrected chi connectivity index (χ4v) is 3.72. The molecule has 2 aliphatic heterocycles. The van der Waals surface area contributed by atoms with Gasteiger partial charge in [0, 0.05) is 24.8 Å². The zero-order valence-electron chi connectivity index (χ0n) is 12.7. The maximum Gasteiger partial charge on any atom is 0.322 e. The van der Waals surface area contributed by atoms with Gasteiger partial charge in [0.25, 0.3) is 0 Å². The van der Waals surface area contributed by atoms with Crippen LogP contribution in [0.1, 0.15) is 19.3 Å². The van der Waals surface area contributed by atoms with E-state index in [1.165, 1.54) is 18.6 Å². The molecule has 0 aromatic heterocycles. The number of rotatable bonds is 1. The summed E-state index contributed by atoms with van der Waals surface area (Å²) in [6, 6.07) is 4.50. The second kappa shape index (κ2) is 6.42. The summed E-state index contributed by atoms with van der Waals surface area (Å²) in [5.41, 5.74) is 0.446. The SMILES string of the molecule is CN1CCC2C(CCCN2C(=O)Nc2ccc(Cl)c(F)c2)C1. The summed E-state index contributed by atoms with van der Waals surface area (Å²) in [5.74, 6) is 0.0236. The maximum atomic E-state index is 13.5. The number of benzene rings is 1. The second-order valence-corrected chi connectivity index (χ2v) is 6.68. The number of carbonyl (C=O) groups is 1. The van der Waals surface area contributed by atoms with Crippen LogP contribution in [0.3, 0.4) is 0 Å². The molecule has 1 N–H and O–H groups in total. The van der Waals surface area contributed by atoms with E-state index in [2.05, 4.69) is 17.3 Å². The molecule has 22 heavy (non-hydrogen) atoms. The predicted octanol–water partition coefficient (Wildman–Crippen LogP) is 3.43. The minimum Gasteiger partial charge on any atom is -0.321 e. The minimum atomic E-state index is -0.518. The zero-order chi connectivity index (χ0) is 15.7. The van der Waals surface area contributed by atoms with Crippen molar-refractivity contribution in [1.82, 2.24) is 9.80 Å². The van der Waals surface area contributed by atoms with Crippen molar-refractivity contribution in [2.75, 3.05) is 32.0 Å². The van der Waals surface area contributed by atoms with Crippen LogP contribution in [0.15, 0.2) is 18.2 Å². The lowest BCUT2D eigenvalue weighted by Gasteiger charge is -2.46. The highest BCUT2D eigenvalue weighted by Gasteiger charge is 2.37. The van der Waals surface area contributed by atoms with Gasteiger partial charge in [0.1, 0.15) is 5.82 Å². The third kappa shape index (κ3) is 3.20. The largest absolute Gasteiger partial charge is 0.322 e. The Bertz CT molecular complexity index is 568. The molecule has 6 heteroatoms. The number of halogens is 2. The molecule has 2 aliphatic rings. The quantitative estimate of drug-likeness (QED) is 0.858. The molecule has 0 aliphatic carbocycles. The molecule has 1 aromatic rings. The lowest BCUT2D eigenvalue weighted by Crippen LogP contribution is -2.56. The minimum absolute atomic E-state index is 0.0614. The van der Waals surface area contributed by atoms with Crippen molar-refractivity contribution in [3.63, 3.8) is 0 Å². The molecule has 3 rings (SSSR count). The van der Waals surface area contributed by atoms with Crippen LogP contribution in [0.2, 0.25) is 5.02 Å². The van der Waals surface area contributed by atoms with Gasteiger partial charge in [-0.25, -0.2) is 9.18 Å². The molecular formula is C16H21ClFN3O. The first-order valence-electron chi connectivity index (χ1n) is 7.76. The fourth-order valence-electron chi connectivity index (χ4n) is 3.61. The lowest BCUT2D eigenvalue weighted by molar-refractivity contribution is 0.0579. The fraction of sp³-hybridized carbons (Fsp3) is 0.562. The Morgan fingerprint density at radius 1 is 1.36 bits per heavy atom. The molecule has 0 bridgehead atoms. The van der Waals surface area contributed by atoms with Crippen molar-refractivity contribution in [1.29, 1.82) is 0 Å². The standard InChI is InChI=1S/C16H21ClFN3O/c1-20-8-6-15-11(10-20)3-2-7-21(15)16(22)19-12-4-5-13(17)14(18)9-12/h4-5,9,11,15H,2-3,6-8,10H2,1H3,(H,19,22). The Balaban J connectivity index is 1.69. The monoisotopic (exact) mass is 325 g/mol. The van der Waals surface area contributed by atoms with Crippen LogP contribution >= 0.6 is 11.6 Å². The first kappa shape index (κ1) is 15.6. The van der Waals surface area contributed by atoms with E-state index in [1.807, 2.05) is 4.90 Å². The molecule has 2 saturated heterocycles. The molecule has 0 spiro atoms. The van der Waals surface area contributed by atoms with Gasteiger partial charge in [0.15, 0.2) is 0 Å². The van der Waals surface area contributed by atoms with E-state index < -0.39 is 5.82 Å². The number of hydrogen-bond acceptors (Lipinski definition) is 2. The number of nitrogens with one attached hydrogen (secondary N) is 1. The highest BCUT2D eigenvalue weighted by Crippen LogP contribution is 2.30. The highest BCUT2D eigenvalue weighted by molar-refractivity contribution is 6.30. The first-order chi connectivity index (χ1) is 10.5. The molecule has 4 nitrogen and oxygen atoms in total. The topological polar surface area (TPSA) is 35.6 Å². The van der Waals surface area contributed by atoms with Crippen LogP contribution in [0.25, 0.3) is 0 Å². The van der Waals surface area contributed by atoms with Gasteiger partial charge in [-0.2, -0.15) is 0 Å². The maximum absolute atomic E-state index is 13.5. The van der Waals surface area contributed by atoms with Crippen LogP contribution in [0.5, 0.6) is 0 Å². The van der Waals surface area contributed by atoms with Gasteiger partial charge in [0.2, 0.25) is 0 Å². The Morgan fingerprint density at radius 2 is 2.18 bits per heavy atom. The number of anilines is 1. The smallest absolute Gasteiger partial charge is 0.321 e. The Morgan fingerprint density at radius 3 is 2.95 bits per heavy atom. The predicted molar refractivity (Wildman–Crippen MR) is 85.8 cm³/mol. The number of likely N-dealkylation sites (tertiary alicyclic amines) is 2. The van der Waals surface area contributed by atoms with Gasteiger partial charge in [-0.05, 0) is 57.0 Å². The number of urea groups is 1. The Kier molecular flexibility index (Phi) is 4.54. The molecule has 0 saturated carbocycles. The first-order valence-corrected chi connectivity index (χ1v) is 8.13. The van der Waals surface area contributed by atoms with E-state index in [4.69, 9.17) is 11.6 Å². The summed E-state index contributed by atoms with van der Waals surface area (Å²) < 4.78 is 13.5. The van der Waals surface area contributed by atoms with E-state index in [9.17, 15) is 9.18 Å². The third-order valence-electron chi connectivity index (χ3n) is 4.70. The van der Waals surface area contributed by atoms with Gasteiger partial charge in [-0.1, -0.05) is 11.6 Å². The van der Waals surface area contributed by atoms with Crippen molar-refractivity contribution >= 4 is 23.3 Å². The van der Waals surface area contributed by atoms with E-state index in [1.54, 1.807) is 6.07 Å². The van der Waals surface area contributed by atoms with Crippen molar-refractivity contribution in [3.05, 3.63) is 29.0 Å². The summed E-state index contributed by atoms with van der Waals surface area (Å²) in [6.45, 7) is 2.83. The summed E-state index contributed by atoms with van der Waals surface area (Å²) >= 11 is 5.67. The normalized spacial score (nSPS) is 25.7. The van der Waals surface area contributed by atoms with Crippen LogP contribution < -0.4 is 5.32 Å². The van der Waals surface area contributed by atoms with Crippen molar-refractivity contribution in [2.24, 2.45) is 5.92 Å². The van der Waals surface area contributed by atoms with E-state index in [0.29, 0.717) is 17.6 Å². The molecule has 2 heterocycles. The molecular weight excluding hydrogens is 305 g/mol. The zero-order valence-corrected chi connectivity index (χ0v) is 13.4. The van der Waals surface area contributed by atoms with Gasteiger partial charge < -0.3 is 15.1 Å². The summed E-state index contributed by atoms with van der Waals surface area (Å²) in [6.07, 6.45) is 3.20. The number of amides is 2. The van der Waals surface area contributed by atoms with Crippen molar-refractivity contribution in [2.45, 2.75) is 25.3 Å². The Hall–Kier alpha value is -1.33. The average Bonchev–Trinajstić information content (AvgIpc) is 2.50. The highest BCUT2D eigenvalue weighted by atomic mass is 35.5. The molecule has 2 unspecified atom stereocenters. The van der Waals surface area contributed by atoms with E-state index in [0.717, 1.165) is 32.5 Å². The number of hydrogen-bond donors (Lipinski definition) is 1. The van der Waals surface area contributed by atoms with Gasteiger partial charge in [-0.3, -0.25) is 0 Å². The molecule has 2 fully saturated rings. The third-order valence-corrected chi connectivity index (χ3v) is 5.01. The Labute approximate surface area is 135 Å². The summed E-state index contributed by atoms with van der Waals surface area (Å²) in [4.78, 5) is 16.8. The molecule has 2 amide bonds. The van der Waals surface area contributed by atoms with Crippen LogP contribution in [0, 0.1) is 11.7 Å². The van der Waals surface area contributed by atoms with Gasteiger partial charge in [-0.15, -0.1) is 0 Å². The molecule has 0 radical (unpaired) electrons. The van der Waals surface area contributed by atoms with Crippen LogP contribution in [-0.2, 0) is 0 Å². The van der Waals surface area contributed by atoms with Crippen molar-refractivity contribution < 1.29 is 9.18 Å². The van der Waals surface area contributed by atoms with E-state index >= 15 is 0 Å². The molecule has 1 aromatic carbocycles. The summed E-state index contributed by atoms with van der Waals surface area (Å²) in [5, 5.41) is 2.86. The van der Waals surface area contributed by atoms with Gasteiger partial charge in [0.05, 0.1) is 5.02 Å². The summed E-state index contributed by atoms with van der Waals surface area (Å²) in [7, 11) is 2.13. The van der Waals surface area contributed by atoms with Gasteiger partial charge >= 0.3 is 6.03 Å². The van der Waals surface area contributed by atoms with E-state index in [-0.39, 0.29) is 11.1 Å².